The van der Waals surface area contributed by atoms with Gasteiger partial charge in [0, 0.05) is 26.0 Å². The van der Waals surface area contributed by atoms with E-state index in [1.807, 2.05) is 6.92 Å². The zero-order valence-corrected chi connectivity index (χ0v) is 13.4. The Morgan fingerprint density at radius 3 is 2.61 bits per heavy atom. The zero-order valence-electron chi connectivity index (χ0n) is 13.4. The number of nitrogens with zero attached hydrogens (tertiary/aromatic N) is 5. The normalized spacial score (nSPS) is 11.5. The SMILES string of the molecule is CCOC(=O)Cn1c(C)cn2c3c(=O)n(C)c(=O)n(C)c3nc12. The van der Waals surface area contributed by atoms with Gasteiger partial charge < -0.3 is 9.30 Å². The van der Waals surface area contributed by atoms with E-state index in [0.29, 0.717) is 17.9 Å². The molecule has 122 valence electrons. The molecule has 0 aliphatic rings. The number of hydrogen-bond donors (Lipinski definition) is 0. The van der Waals surface area contributed by atoms with E-state index in [0.717, 1.165) is 10.3 Å². The third-order valence-corrected chi connectivity index (χ3v) is 3.85. The average molecular weight is 319 g/mol. The molecule has 0 aliphatic heterocycles. The quantitative estimate of drug-likeness (QED) is 0.610. The summed E-state index contributed by atoms with van der Waals surface area (Å²) in [5, 5.41) is 0. The van der Waals surface area contributed by atoms with Crippen LogP contribution < -0.4 is 11.2 Å². The van der Waals surface area contributed by atoms with Crippen molar-refractivity contribution in [3.8, 4) is 0 Å². The molecule has 0 atom stereocenters. The van der Waals surface area contributed by atoms with Crippen LogP contribution in [0.1, 0.15) is 12.6 Å². The second kappa shape index (κ2) is 5.11. The van der Waals surface area contributed by atoms with Crippen LogP contribution in [0, 0.1) is 6.92 Å². The molecule has 9 heteroatoms. The number of carbonyl (C=O) groups excluding carboxylic acids is 1. The molecule has 3 heterocycles. The predicted octanol–water partition coefficient (Wildman–Crippen LogP) is -0.442. The molecule has 3 rings (SSSR count). The number of rotatable bonds is 3. The first-order valence-corrected chi connectivity index (χ1v) is 7.16. The van der Waals surface area contributed by atoms with Gasteiger partial charge in [-0.25, -0.2) is 4.79 Å². The standard InChI is InChI=1S/C14H17N5O4/c1-5-23-9(20)7-18-8(2)6-19-10-11(15-13(18)19)16(3)14(22)17(4)12(10)21/h6H,5,7H2,1-4H3. The molecule has 9 nitrogen and oxygen atoms in total. The molecule has 0 spiro atoms. The van der Waals surface area contributed by atoms with Gasteiger partial charge in [-0.15, -0.1) is 0 Å². The third-order valence-electron chi connectivity index (χ3n) is 3.85. The van der Waals surface area contributed by atoms with E-state index in [-0.39, 0.29) is 18.2 Å². The lowest BCUT2D eigenvalue weighted by molar-refractivity contribution is -0.143. The van der Waals surface area contributed by atoms with Crippen molar-refractivity contribution in [2.45, 2.75) is 20.4 Å². The van der Waals surface area contributed by atoms with Crippen LogP contribution in [-0.2, 0) is 30.2 Å². The van der Waals surface area contributed by atoms with Crippen LogP contribution in [0.2, 0.25) is 0 Å². The molecule has 23 heavy (non-hydrogen) atoms. The summed E-state index contributed by atoms with van der Waals surface area (Å²) in [5.41, 5.74) is 0.472. The summed E-state index contributed by atoms with van der Waals surface area (Å²) >= 11 is 0. The number of fused-ring (bicyclic) bond motifs is 3. The number of carbonyl (C=O) groups is 1. The van der Waals surface area contributed by atoms with E-state index >= 15 is 0 Å². The van der Waals surface area contributed by atoms with E-state index < -0.39 is 11.2 Å². The average Bonchev–Trinajstić information content (AvgIpc) is 3.00. The van der Waals surface area contributed by atoms with Gasteiger partial charge in [-0.3, -0.25) is 23.1 Å². The first kappa shape index (κ1) is 15.1. The Labute approximate surface area is 130 Å². The molecular weight excluding hydrogens is 302 g/mol. The molecule has 0 bridgehead atoms. The van der Waals surface area contributed by atoms with Gasteiger partial charge in [-0.1, -0.05) is 0 Å². The number of aromatic nitrogens is 5. The van der Waals surface area contributed by atoms with Gasteiger partial charge in [0.25, 0.3) is 5.56 Å². The molecule has 0 N–H and O–H groups in total. The summed E-state index contributed by atoms with van der Waals surface area (Å²) in [7, 11) is 2.98. The van der Waals surface area contributed by atoms with Crippen molar-refractivity contribution in [2.75, 3.05) is 6.61 Å². The fourth-order valence-corrected chi connectivity index (χ4v) is 2.66. The monoisotopic (exact) mass is 319 g/mol. The Morgan fingerprint density at radius 2 is 1.96 bits per heavy atom. The van der Waals surface area contributed by atoms with E-state index in [1.165, 1.54) is 11.6 Å². The van der Waals surface area contributed by atoms with Crippen molar-refractivity contribution in [1.29, 1.82) is 0 Å². The molecule has 0 aliphatic carbocycles. The summed E-state index contributed by atoms with van der Waals surface area (Å²) in [5.74, 6) is 0.0337. The van der Waals surface area contributed by atoms with Crippen LogP contribution >= 0.6 is 0 Å². The van der Waals surface area contributed by atoms with Crippen molar-refractivity contribution in [1.82, 2.24) is 23.1 Å². The zero-order chi connectivity index (χ0) is 16.9. The van der Waals surface area contributed by atoms with E-state index in [4.69, 9.17) is 4.74 Å². The van der Waals surface area contributed by atoms with Crippen LogP contribution in [0.5, 0.6) is 0 Å². The van der Waals surface area contributed by atoms with Gasteiger partial charge in [0.05, 0.1) is 6.61 Å². The summed E-state index contributed by atoms with van der Waals surface area (Å²) in [6, 6.07) is 0. The molecule has 0 amide bonds. The lowest BCUT2D eigenvalue weighted by Gasteiger charge is -2.05. The molecule has 0 radical (unpaired) electrons. The van der Waals surface area contributed by atoms with Crippen molar-refractivity contribution in [2.24, 2.45) is 14.1 Å². The minimum atomic E-state index is -0.447. The van der Waals surface area contributed by atoms with Crippen molar-refractivity contribution < 1.29 is 9.53 Å². The number of ether oxygens (including phenoxy) is 1. The fraction of sp³-hybridized carbons (Fsp3) is 0.429. The largest absolute Gasteiger partial charge is 0.465 e. The van der Waals surface area contributed by atoms with Gasteiger partial charge in [0.1, 0.15) is 6.54 Å². The van der Waals surface area contributed by atoms with Crippen LogP contribution in [0.3, 0.4) is 0 Å². The number of esters is 1. The van der Waals surface area contributed by atoms with Gasteiger partial charge in [-0.05, 0) is 13.8 Å². The lowest BCUT2D eigenvalue weighted by Crippen LogP contribution is -2.37. The molecule has 0 unspecified atom stereocenters. The van der Waals surface area contributed by atoms with E-state index in [9.17, 15) is 14.4 Å². The second-order valence-corrected chi connectivity index (χ2v) is 5.32. The Kier molecular flexibility index (Phi) is 3.35. The van der Waals surface area contributed by atoms with Crippen LogP contribution in [0.15, 0.2) is 15.8 Å². The summed E-state index contributed by atoms with van der Waals surface area (Å²) < 4.78 is 10.6. The minimum Gasteiger partial charge on any atom is -0.465 e. The highest BCUT2D eigenvalue weighted by Gasteiger charge is 2.20. The highest BCUT2D eigenvalue weighted by molar-refractivity contribution is 5.77. The molecule has 0 fully saturated rings. The fourth-order valence-electron chi connectivity index (χ4n) is 2.66. The van der Waals surface area contributed by atoms with Gasteiger partial charge in [0.15, 0.2) is 11.2 Å². The van der Waals surface area contributed by atoms with E-state index in [2.05, 4.69) is 4.98 Å². The topological polar surface area (TPSA) is 92.5 Å². The Morgan fingerprint density at radius 1 is 1.26 bits per heavy atom. The second-order valence-electron chi connectivity index (χ2n) is 5.32. The first-order valence-electron chi connectivity index (χ1n) is 7.16. The summed E-state index contributed by atoms with van der Waals surface area (Å²) in [4.78, 5) is 40.6. The van der Waals surface area contributed by atoms with Gasteiger partial charge >= 0.3 is 11.7 Å². The van der Waals surface area contributed by atoms with Crippen molar-refractivity contribution in [3.63, 3.8) is 0 Å². The predicted molar refractivity (Wildman–Crippen MR) is 82.5 cm³/mol. The molecule has 3 aromatic rings. The number of aryl methyl sites for hydroxylation is 2. The maximum atomic E-state index is 12.4. The smallest absolute Gasteiger partial charge is 0.332 e. The number of hydrogen-bond acceptors (Lipinski definition) is 5. The molecule has 0 saturated carbocycles. The maximum absolute atomic E-state index is 12.4. The van der Waals surface area contributed by atoms with E-state index in [1.54, 1.807) is 29.1 Å². The summed E-state index contributed by atoms with van der Waals surface area (Å²) in [6.07, 6.45) is 1.72. The van der Waals surface area contributed by atoms with Gasteiger partial charge in [-0.2, -0.15) is 4.98 Å². The third kappa shape index (κ3) is 2.07. The summed E-state index contributed by atoms with van der Waals surface area (Å²) in [6.45, 7) is 3.83. The lowest BCUT2D eigenvalue weighted by atomic mass is 10.5. The van der Waals surface area contributed by atoms with Crippen LogP contribution in [0.25, 0.3) is 16.9 Å². The van der Waals surface area contributed by atoms with Crippen LogP contribution in [0.4, 0.5) is 0 Å². The maximum Gasteiger partial charge on any atom is 0.332 e. The minimum absolute atomic E-state index is 0.00619. The Bertz CT molecular complexity index is 1050. The van der Waals surface area contributed by atoms with Crippen LogP contribution in [-0.4, -0.2) is 35.7 Å². The van der Waals surface area contributed by atoms with Gasteiger partial charge in [0.2, 0.25) is 5.78 Å². The molecule has 3 aromatic heterocycles. The van der Waals surface area contributed by atoms with Crippen molar-refractivity contribution >= 4 is 22.9 Å². The van der Waals surface area contributed by atoms with Crippen molar-refractivity contribution in [3.05, 3.63) is 32.7 Å². The molecule has 0 aromatic carbocycles. The molecular formula is C14H17N5O4. The Balaban J connectivity index is 2.34. The number of imidazole rings is 2. The first-order chi connectivity index (χ1) is 10.9. The highest BCUT2D eigenvalue weighted by atomic mass is 16.5. The highest BCUT2D eigenvalue weighted by Crippen LogP contribution is 2.16. The Hall–Kier alpha value is -2.84. The molecule has 0 saturated heterocycles.